The molecule has 0 fully saturated rings. The summed E-state index contributed by atoms with van der Waals surface area (Å²) < 4.78 is 52.0. The molecule has 0 aliphatic carbocycles. The number of amides is 1. The minimum atomic E-state index is -3.68. The molecule has 2 aromatic carbocycles. The molecule has 0 radical (unpaired) electrons. The number of benzene rings is 2. The van der Waals surface area contributed by atoms with Gasteiger partial charge in [0.15, 0.2) is 11.6 Å². The van der Waals surface area contributed by atoms with Crippen LogP contribution in [0.25, 0.3) is 0 Å². The zero-order valence-electron chi connectivity index (χ0n) is 12.4. The number of sulfonamides is 1. The maximum Gasteiger partial charge on any atom is 0.255 e. The second-order valence-corrected chi connectivity index (χ2v) is 6.63. The Bertz CT molecular complexity index is 867. The molecule has 122 valence electrons. The van der Waals surface area contributed by atoms with Crippen LogP contribution in [0, 0.1) is 18.6 Å². The van der Waals surface area contributed by atoms with Gasteiger partial charge in [-0.3, -0.25) is 4.79 Å². The second kappa shape index (κ2) is 6.43. The molecular weight excluding hydrogens is 326 g/mol. The van der Waals surface area contributed by atoms with Crippen LogP contribution in [0.1, 0.15) is 15.9 Å². The van der Waals surface area contributed by atoms with Crippen molar-refractivity contribution >= 4 is 21.6 Å². The van der Waals surface area contributed by atoms with Crippen LogP contribution >= 0.6 is 0 Å². The molecule has 0 aliphatic heterocycles. The van der Waals surface area contributed by atoms with Gasteiger partial charge in [0, 0.05) is 11.3 Å². The summed E-state index contributed by atoms with van der Waals surface area (Å²) in [6.45, 7) is 1.62. The molecule has 0 spiro atoms. The van der Waals surface area contributed by atoms with Crippen LogP contribution in [0.4, 0.5) is 14.5 Å². The largest absolute Gasteiger partial charge is 0.322 e. The highest BCUT2D eigenvalue weighted by molar-refractivity contribution is 7.89. The molecular formula is C15H14F2N2O3S. The Hall–Kier alpha value is -2.32. The van der Waals surface area contributed by atoms with Crippen molar-refractivity contribution in [3.05, 3.63) is 59.2 Å². The van der Waals surface area contributed by atoms with E-state index < -0.39 is 27.6 Å². The Morgan fingerprint density at radius 1 is 1.04 bits per heavy atom. The van der Waals surface area contributed by atoms with E-state index in [4.69, 9.17) is 0 Å². The fraction of sp³-hybridized carbons (Fsp3) is 0.133. The van der Waals surface area contributed by atoms with Crippen molar-refractivity contribution in [1.29, 1.82) is 0 Å². The minimum Gasteiger partial charge on any atom is -0.322 e. The van der Waals surface area contributed by atoms with E-state index in [0.717, 1.165) is 18.2 Å². The lowest BCUT2D eigenvalue weighted by molar-refractivity contribution is 0.102. The first kappa shape index (κ1) is 17.0. The van der Waals surface area contributed by atoms with Gasteiger partial charge in [0.25, 0.3) is 5.91 Å². The Morgan fingerprint density at radius 3 is 2.35 bits per heavy atom. The van der Waals surface area contributed by atoms with Crippen LogP contribution in [0.2, 0.25) is 0 Å². The third kappa shape index (κ3) is 3.72. The lowest BCUT2D eigenvalue weighted by Gasteiger charge is -2.10. The first-order valence-corrected chi connectivity index (χ1v) is 8.03. The van der Waals surface area contributed by atoms with E-state index in [-0.39, 0.29) is 16.1 Å². The van der Waals surface area contributed by atoms with Gasteiger partial charge in [-0.2, -0.15) is 0 Å². The molecule has 0 atom stereocenters. The molecule has 0 saturated heterocycles. The highest BCUT2D eigenvalue weighted by Crippen LogP contribution is 2.20. The van der Waals surface area contributed by atoms with Gasteiger partial charge in [0.2, 0.25) is 10.0 Å². The van der Waals surface area contributed by atoms with Crippen molar-refractivity contribution in [2.24, 2.45) is 0 Å². The fourth-order valence-electron chi connectivity index (χ4n) is 1.92. The van der Waals surface area contributed by atoms with Gasteiger partial charge in [-0.1, -0.05) is 6.07 Å². The first-order valence-electron chi connectivity index (χ1n) is 6.55. The quantitative estimate of drug-likeness (QED) is 0.898. The third-order valence-corrected chi connectivity index (χ3v) is 4.74. The molecule has 1 amide bonds. The average Bonchev–Trinajstić information content (AvgIpc) is 2.51. The number of hydrogen-bond donors (Lipinski definition) is 2. The topological polar surface area (TPSA) is 75.3 Å². The summed E-state index contributed by atoms with van der Waals surface area (Å²) in [6, 6.07) is 7.08. The van der Waals surface area contributed by atoms with Gasteiger partial charge in [0.05, 0.1) is 4.90 Å². The zero-order chi connectivity index (χ0) is 17.2. The Morgan fingerprint density at radius 2 is 1.74 bits per heavy atom. The molecule has 0 saturated carbocycles. The minimum absolute atomic E-state index is 0.0167. The van der Waals surface area contributed by atoms with E-state index >= 15 is 0 Å². The van der Waals surface area contributed by atoms with Crippen molar-refractivity contribution in [3.8, 4) is 0 Å². The number of anilines is 1. The van der Waals surface area contributed by atoms with Crippen molar-refractivity contribution in [1.82, 2.24) is 4.72 Å². The van der Waals surface area contributed by atoms with Crippen LogP contribution in [0.15, 0.2) is 41.3 Å². The summed E-state index contributed by atoms with van der Waals surface area (Å²) in [7, 11) is -2.40. The Balaban J connectivity index is 2.31. The van der Waals surface area contributed by atoms with Gasteiger partial charge < -0.3 is 5.32 Å². The van der Waals surface area contributed by atoms with Crippen molar-refractivity contribution in [3.63, 3.8) is 0 Å². The van der Waals surface area contributed by atoms with E-state index in [1.54, 1.807) is 6.92 Å². The summed E-state index contributed by atoms with van der Waals surface area (Å²) in [5.74, 6) is -2.88. The summed E-state index contributed by atoms with van der Waals surface area (Å²) in [6.07, 6.45) is 0. The summed E-state index contributed by atoms with van der Waals surface area (Å²) in [5.41, 5.74) is 0.645. The molecule has 0 bridgehead atoms. The van der Waals surface area contributed by atoms with E-state index in [0.29, 0.717) is 5.56 Å². The normalized spacial score (nSPS) is 11.3. The molecule has 2 aromatic rings. The van der Waals surface area contributed by atoms with Crippen LogP contribution in [-0.2, 0) is 10.0 Å². The van der Waals surface area contributed by atoms with Gasteiger partial charge in [0.1, 0.15) is 0 Å². The van der Waals surface area contributed by atoms with E-state index in [1.165, 1.54) is 25.2 Å². The lowest BCUT2D eigenvalue weighted by atomic mass is 10.2. The monoisotopic (exact) mass is 340 g/mol. The lowest BCUT2D eigenvalue weighted by Crippen LogP contribution is -2.20. The van der Waals surface area contributed by atoms with Gasteiger partial charge in [-0.15, -0.1) is 0 Å². The molecule has 0 unspecified atom stereocenters. The molecule has 5 nitrogen and oxygen atoms in total. The van der Waals surface area contributed by atoms with Crippen LogP contribution < -0.4 is 10.0 Å². The van der Waals surface area contributed by atoms with Crippen LogP contribution in [-0.4, -0.2) is 21.4 Å². The number of carbonyl (C=O) groups excluding carboxylic acids is 1. The van der Waals surface area contributed by atoms with E-state index in [9.17, 15) is 22.0 Å². The second-order valence-electron chi connectivity index (χ2n) is 4.77. The standard InChI is InChI=1S/C15H14F2N2O3S/c1-9-3-5-11(8-14(9)23(21,22)18-2)19-15(20)10-4-6-12(16)13(17)7-10/h3-8,18H,1-2H3,(H,19,20). The maximum atomic E-state index is 13.2. The molecule has 0 aromatic heterocycles. The Kier molecular flexibility index (Phi) is 4.76. The number of hydrogen-bond acceptors (Lipinski definition) is 3. The predicted octanol–water partition coefficient (Wildman–Crippen LogP) is 2.43. The van der Waals surface area contributed by atoms with Crippen LogP contribution in [0.5, 0.6) is 0 Å². The van der Waals surface area contributed by atoms with Crippen molar-refractivity contribution in [2.75, 3.05) is 12.4 Å². The molecule has 8 heteroatoms. The van der Waals surface area contributed by atoms with Crippen LogP contribution in [0.3, 0.4) is 0 Å². The van der Waals surface area contributed by atoms with Gasteiger partial charge in [-0.05, 0) is 49.9 Å². The molecule has 2 N–H and O–H groups in total. The van der Waals surface area contributed by atoms with Crippen molar-refractivity contribution < 1.29 is 22.0 Å². The van der Waals surface area contributed by atoms with Crippen molar-refractivity contribution in [2.45, 2.75) is 11.8 Å². The smallest absolute Gasteiger partial charge is 0.255 e. The SMILES string of the molecule is CNS(=O)(=O)c1cc(NC(=O)c2ccc(F)c(F)c2)ccc1C. The number of rotatable bonds is 4. The summed E-state index contributed by atoms with van der Waals surface area (Å²) in [4.78, 5) is 12.0. The molecule has 0 heterocycles. The number of halogens is 2. The van der Waals surface area contributed by atoms with E-state index in [2.05, 4.69) is 10.0 Å². The summed E-state index contributed by atoms with van der Waals surface area (Å²) >= 11 is 0. The number of nitrogens with one attached hydrogen (secondary N) is 2. The number of carbonyl (C=O) groups is 1. The Labute approximate surface area is 132 Å². The molecule has 23 heavy (non-hydrogen) atoms. The molecule has 2 rings (SSSR count). The zero-order valence-corrected chi connectivity index (χ0v) is 13.2. The predicted molar refractivity (Wildman–Crippen MR) is 81.7 cm³/mol. The first-order chi connectivity index (χ1) is 10.7. The van der Waals surface area contributed by atoms with Gasteiger partial charge >= 0.3 is 0 Å². The third-order valence-electron chi connectivity index (χ3n) is 3.19. The highest BCUT2D eigenvalue weighted by atomic mass is 32.2. The number of aryl methyl sites for hydroxylation is 1. The molecule has 0 aliphatic rings. The fourth-order valence-corrected chi connectivity index (χ4v) is 2.91. The summed E-state index contributed by atoms with van der Waals surface area (Å²) in [5, 5.41) is 2.45. The van der Waals surface area contributed by atoms with E-state index in [1.807, 2.05) is 0 Å². The highest BCUT2D eigenvalue weighted by Gasteiger charge is 2.16. The maximum absolute atomic E-state index is 13.2. The average molecular weight is 340 g/mol. The van der Waals surface area contributed by atoms with Gasteiger partial charge in [-0.25, -0.2) is 21.9 Å².